The van der Waals surface area contributed by atoms with E-state index in [2.05, 4.69) is 16.1 Å². The van der Waals surface area contributed by atoms with Crippen molar-refractivity contribution in [3.63, 3.8) is 0 Å². The molecule has 0 heterocycles. The van der Waals surface area contributed by atoms with Gasteiger partial charge in [-0.05, 0) is 74.9 Å². The summed E-state index contributed by atoms with van der Waals surface area (Å²) in [5.41, 5.74) is 3.19. The van der Waals surface area contributed by atoms with E-state index in [1.807, 2.05) is 13.0 Å². The molecule has 2 aromatic carbocycles. The first kappa shape index (κ1) is 20.1. The smallest absolute Gasteiger partial charge is 0.261 e. The molecule has 0 fully saturated rings. The van der Waals surface area contributed by atoms with E-state index in [1.54, 1.807) is 30.3 Å². The maximum Gasteiger partial charge on any atom is 0.261 e. The summed E-state index contributed by atoms with van der Waals surface area (Å²) in [6.45, 7) is 2.45. The summed E-state index contributed by atoms with van der Waals surface area (Å²) in [7, 11) is -3.76. The summed E-state index contributed by atoms with van der Waals surface area (Å²) in [6.07, 6.45) is 7.80. The van der Waals surface area contributed by atoms with E-state index in [4.69, 9.17) is 0 Å². The van der Waals surface area contributed by atoms with Crippen molar-refractivity contribution in [1.82, 2.24) is 5.32 Å². The molecule has 0 saturated heterocycles. The standard InChI is InChI=1S/C22H26N2O3S/c1-17-7-5-11-20(15-17)24-28(26,27)21-12-6-10-19(16-21)22(25)23-14-13-18-8-3-2-4-9-18/h5-8,10-12,15-16,24H,2-4,9,13-14H2,1H3,(H,23,25). The highest BCUT2D eigenvalue weighted by molar-refractivity contribution is 7.92. The number of hydrogen-bond acceptors (Lipinski definition) is 3. The van der Waals surface area contributed by atoms with E-state index >= 15 is 0 Å². The molecule has 0 atom stereocenters. The predicted octanol–water partition coefficient (Wildman–Crippen LogP) is 4.42. The van der Waals surface area contributed by atoms with Gasteiger partial charge in [-0.15, -0.1) is 0 Å². The molecule has 2 N–H and O–H groups in total. The summed E-state index contributed by atoms with van der Waals surface area (Å²) in [6, 6.07) is 13.2. The minimum absolute atomic E-state index is 0.0663. The minimum atomic E-state index is -3.76. The Balaban J connectivity index is 1.65. The van der Waals surface area contributed by atoms with E-state index < -0.39 is 10.0 Å². The number of aryl methyl sites for hydroxylation is 1. The molecule has 0 aromatic heterocycles. The Morgan fingerprint density at radius 3 is 2.64 bits per heavy atom. The molecule has 0 bridgehead atoms. The number of carbonyl (C=O) groups excluding carboxylic acids is 1. The SMILES string of the molecule is Cc1cccc(NS(=O)(=O)c2cccc(C(=O)NCCC3=CCCCC3)c2)c1. The number of benzene rings is 2. The molecule has 0 unspecified atom stereocenters. The fourth-order valence-electron chi connectivity index (χ4n) is 3.30. The van der Waals surface area contributed by atoms with Crippen LogP contribution in [0.5, 0.6) is 0 Å². The quantitative estimate of drug-likeness (QED) is 0.678. The first-order chi connectivity index (χ1) is 13.4. The molecular weight excluding hydrogens is 372 g/mol. The Kier molecular flexibility index (Phi) is 6.52. The number of anilines is 1. The van der Waals surface area contributed by atoms with E-state index in [-0.39, 0.29) is 10.8 Å². The van der Waals surface area contributed by atoms with Crippen LogP contribution in [0.1, 0.15) is 48.0 Å². The van der Waals surface area contributed by atoms with Crippen LogP contribution in [0.25, 0.3) is 0 Å². The first-order valence-corrected chi connectivity index (χ1v) is 11.1. The van der Waals surface area contributed by atoms with Gasteiger partial charge < -0.3 is 5.32 Å². The van der Waals surface area contributed by atoms with E-state index in [1.165, 1.54) is 30.5 Å². The Labute approximate surface area is 166 Å². The Hall–Kier alpha value is -2.60. The number of hydrogen-bond donors (Lipinski definition) is 2. The van der Waals surface area contributed by atoms with Crippen LogP contribution >= 0.6 is 0 Å². The van der Waals surface area contributed by atoms with E-state index in [9.17, 15) is 13.2 Å². The maximum absolute atomic E-state index is 12.7. The molecule has 6 heteroatoms. The highest BCUT2D eigenvalue weighted by atomic mass is 32.2. The molecular formula is C22H26N2O3S. The molecule has 0 radical (unpaired) electrons. The zero-order valence-electron chi connectivity index (χ0n) is 16.1. The average Bonchev–Trinajstić information content (AvgIpc) is 2.68. The van der Waals surface area contributed by atoms with Crippen molar-refractivity contribution in [2.75, 3.05) is 11.3 Å². The molecule has 3 rings (SSSR count). The number of amides is 1. The molecule has 1 aliphatic rings. The van der Waals surface area contributed by atoms with Crippen molar-refractivity contribution in [3.8, 4) is 0 Å². The van der Waals surface area contributed by atoms with Gasteiger partial charge in [0.1, 0.15) is 0 Å². The third kappa shape index (κ3) is 5.45. The zero-order valence-corrected chi connectivity index (χ0v) is 16.9. The van der Waals surface area contributed by atoms with E-state index in [0.29, 0.717) is 17.8 Å². The molecule has 0 spiro atoms. The molecule has 5 nitrogen and oxygen atoms in total. The van der Waals surface area contributed by atoms with Gasteiger partial charge in [-0.1, -0.05) is 29.8 Å². The van der Waals surface area contributed by atoms with Crippen LogP contribution in [0.4, 0.5) is 5.69 Å². The van der Waals surface area contributed by atoms with Crippen LogP contribution in [0.3, 0.4) is 0 Å². The van der Waals surface area contributed by atoms with Crippen molar-refractivity contribution in [3.05, 3.63) is 71.3 Å². The minimum Gasteiger partial charge on any atom is -0.352 e. The molecule has 0 aliphatic heterocycles. The Morgan fingerprint density at radius 1 is 1.07 bits per heavy atom. The fourth-order valence-corrected chi connectivity index (χ4v) is 4.39. The number of allylic oxidation sites excluding steroid dienone is 1. The van der Waals surface area contributed by atoms with Gasteiger partial charge in [-0.3, -0.25) is 9.52 Å². The average molecular weight is 399 g/mol. The molecule has 148 valence electrons. The second-order valence-corrected chi connectivity index (χ2v) is 8.80. The normalized spacial score (nSPS) is 14.2. The largest absolute Gasteiger partial charge is 0.352 e. The molecule has 2 aromatic rings. The number of sulfonamides is 1. The van der Waals surface area contributed by atoms with Crippen molar-refractivity contribution in [1.29, 1.82) is 0 Å². The van der Waals surface area contributed by atoms with Crippen LogP contribution in [-0.4, -0.2) is 20.9 Å². The van der Waals surface area contributed by atoms with Crippen molar-refractivity contribution < 1.29 is 13.2 Å². The predicted molar refractivity (Wildman–Crippen MR) is 112 cm³/mol. The topological polar surface area (TPSA) is 75.3 Å². The number of carbonyl (C=O) groups is 1. The zero-order chi connectivity index (χ0) is 20.0. The van der Waals surface area contributed by atoms with Gasteiger partial charge in [0.05, 0.1) is 4.90 Å². The lowest BCUT2D eigenvalue weighted by atomic mass is 9.97. The van der Waals surface area contributed by atoms with Crippen molar-refractivity contribution >= 4 is 21.6 Å². The molecule has 28 heavy (non-hydrogen) atoms. The van der Waals surface area contributed by atoms with Gasteiger partial charge in [0, 0.05) is 17.8 Å². The van der Waals surface area contributed by atoms with Crippen LogP contribution in [0, 0.1) is 6.92 Å². The van der Waals surface area contributed by atoms with Crippen LogP contribution in [-0.2, 0) is 10.0 Å². The lowest BCUT2D eigenvalue weighted by Gasteiger charge is -2.13. The van der Waals surface area contributed by atoms with E-state index in [0.717, 1.165) is 24.8 Å². The lowest BCUT2D eigenvalue weighted by Crippen LogP contribution is -2.25. The summed E-state index contributed by atoms with van der Waals surface area (Å²) in [5, 5.41) is 2.89. The summed E-state index contributed by atoms with van der Waals surface area (Å²) < 4.78 is 27.9. The van der Waals surface area contributed by atoms with Gasteiger partial charge in [-0.25, -0.2) is 8.42 Å². The van der Waals surface area contributed by atoms with Crippen LogP contribution in [0.2, 0.25) is 0 Å². The third-order valence-corrected chi connectivity index (χ3v) is 6.17. The summed E-state index contributed by atoms with van der Waals surface area (Å²) in [4.78, 5) is 12.5. The molecule has 0 saturated carbocycles. The van der Waals surface area contributed by atoms with Crippen LogP contribution in [0.15, 0.2) is 65.1 Å². The second-order valence-electron chi connectivity index (χ2n) is 7.12. The fraction of sp³-hybridized carbons (Fsp3) is 0.318. The van der Waals surface area contributed by atoms with Crippen molar-refractivity contribution in [2.45, 2.75) is 43.9 Å². The molecule has 1 amide bonds. The van der Waals surface area contributed by atoms with Gasteiger partial charge in [0.25, 0.3) is 15.9 Å². The Bertz CT molecular complexity index is 981. The monoisotopic (exact) mass is 398 g/mol. The Morgan fingerprint density at radius 2 is 1.89 bits per heavy atom. The number of nitrogens with one attached hydrogen (secondary N) is 2. The maximum atomic E-state index is 12.7. The summed E-state index contributed by atoms with van der Waals surface area (Å²) in [5.74, 6) is -0.260. The van der Waals surface area contributed by atoms with Crippen molar-refractivity contribution in [2.24, 2.45) is 0 Å². The molecule has 1 aliphatic carbocycles. The van der Waals surface area contributed by atoms with Gasteiger partial charge in [0.15, 0.2) is 0 Å². The first-order valence-electron chi connectivity index (χ1n) is 9.60. The lowest BCUT2D eigenvalue weighted by molar-refractivity contribution is 0.0954. The number of rotatable bonds is 7. The highest BCUT2D eigenvalue weighted by Crippen LogP contribution is 2.20. The van der Waals surface area contributed by atoms with Gasteiger partial charge in [-0.2, -0.15) is 0 Å². The highest BCUT2D eigenvalue weighted by Gasteiger charge is 2.16. The second kappa shape index (κ2) is 9.06. The summed E-state index contributed by atoms with van der Waals surface area (Å²) >= 11 is 0. The van der Waals surface area contributed by atoms with Crippen LogP contribution < -0.4 is 10.0 Å². The van der Waals surface area contributed by atoms with Gasteiger partial charge >= 0.3 is 0 Å². The third-order valence-electron chi connectivity index (χ3n) is 4.79. The van der Waals surface area contributed by atoms with Gasteiger partial charge in [0.2, 0.25) is 0 Å².